The van der Waals surface area contributed by atoms with Gasteiger partial charge in [-0.25, -0.2) is 9.59 Å². The van der Waals surface area contributed by atoms with Crippen LogP contribution in [-0.2, 0) is 9.53 Å². The topological polar surface area (TPSA) is 108 Å². The molecular formula is C25H33N3O5. The number of likely N-dealkylation sites (tertiary alicyclic amines) is 1. The first kappa shape index (κ1) is 24.4. The van der Waals surface area contributed by atoms with Crippen LogP contribution in [0.1, 0.15) is 49.5 Å². The zero-order valence-electron chi connectivity index (χ0n) is 19.7. The molecule has 8 nitrogen and oxygen atoms in total. The number of nitrogens with zero attached hydrogens (tertiary/aromatic N) is 1. The minimum Gasteiger partial charge on any atom is -0.478 e. The van der Waals surface area contributed by atoms with Crippen molar-refractivity contribution < 1.29 is 24.2 Å². The Morgan fingerprint density at radius 3 is 2.64 bits per heavy atom. The molecule has 0 saturated carbocycles. The average Bonchev–Trinajstić information content (AvgIpc) is 3.24. The zero-order chi connectivity index (χ0) is 24.2. The molecule has 1 heterocycles. The Kier molecular flexibility index (Phi) is 7.46. The number of anilines is 1. The van der Waals surface area contributed by atoms with Crippen LogP contribution in [0, 0.1) is 12.8 Å². The lowest BCUT2D eigenvalue weighted by Gasteiger charge is -2.24. The van der Waals surface area contributed by atoms with Gasteiger partial charge in [-0.05, 0) is 63.8 Å². The normalized spacial score (nSPS) is 20.2. The van der Waals surface area contributed by atoms with Crippen LogP contribution < -0.4 is 10.6 Å². The Balaban J connectivity index is 1.45. The van der Waals surface area contributed by atoms with Crippen LogP contribution in [0.3, 0.4) is 0 Å². The van der Waals surface area contributed by atoms with Crippen molar-refractivity contribution in [2.45, 2.75) is 52.2 Å². The predicted molar refractivity (Wildman–Crippen MR) is 126 cm³/mol. The summed E-state index contributed by atoms with van der Waals surface area (Å²) in [6, 6.07) is 5.24. The van der Waals surface area contributed by atoms with Gasteiger partial charge in [0.05, 0.1) is 11.5 Å². The largest absolute Gasteiger partial charge is 0.478 e. The second-order valence-electron chi connectivity index (χ2n) is 9.54. The molecule has 1 aromatic carbocycles. The first-order chi connectivity index (χ1) is 15.5. The van der Waals surface area contributed by atoms with Gasteiger partial charge in [0.1, 0.15) is 5.60 Å². The van der Waals surface area contributed by atoms with E-state index in [1.165, 1.54) is 0 Å². The van der Waals surface area contributed by atoms with E-state index in [0.717, 1.165) is 17.7 Å². The Hall–Kier alpha value is -3.29. The maximum atomic E-state index is 12.6. The SMILES string of the molecule is Cc1c(NC2C=CC(CNC(=O)C3CCN(C(=O)OC(C)(C)C)C3)=CC2)cccc1C(=O)O. The highest BCUT2D eigenvalue weighted by Gasteiger charge is 2.33. The van der Waals surface area contributed by atoms with Crippen molar-refractivity contribution in [3.63, 3.8) is 0 Å². The molecule has 3 rings (SSSR count). The summed E-state index contributed by atoms with van der Waals surface area (Å²) in [4.78, 5) is 37.7. The number of amides is 2. The van der Waals surface area contributed by atoms with E-state index in [9.17, 15) is 19.5 Å². The minimum atomic E-state index is -0.940. The van der Waals surface area contributed by atoms with Crippen LogP contribution >= 0.6 is 0 Å². The van der Waals surface area contributed by atoms with Crippen molar-refractivity contribution >= 4 is 23.7 Å². The van der Waals surface area contributed by atoms with Crippen LogP contribution in [0.4, 0.5) is 10.5 Å². The Labute approximate surface area is 194 Å². The minimum absolute atomic E-state index is 0.0458. The van der Waals surface area contributed by atoms with E-state index in [-0.39, 0.29) is 29.5 Å². The highest BCUT2D eigenvalue weighted by atomic mass is 16.6. The highest BCUT2D eigenvalue weighted by molar-refractivity contribution is 5.91. The molecule has 3 N–H and O–H groups in total. The summed E-state index contributed by atoms with van der Waals surface area (Å²) in [6.07, 6.45) is 7.04. The number of hydrogen-bond donors (Lipinski definition) is 3. The number of carbonyl (C=O) groups excluding carboxylic acids is 2. The fourth-order valence-corrected chi connectivity index (χ4v) is 3.93. The molecule has 1 aromatic rings. The molecule has 2 amide bonds. The predicted octanol–water partition coefficient (Wildman–Crippen LogP) is 3.73. The Bertz CT molecular complexity index is 977. The fraction of sp³-hybridized carbons (Fsp3) is 0.480. The van der Waals surface area contributed by atoms with E-state index >= 15 is 0 Å². The number of aromatic carboxylic acids is 1. The Morgan fingerprint density at radius 2 is 2.00 bits per heavy atom. The van der Waals surface area contributed by atoms with Crippen molar-refractivity contribution in [2.75, 3.05) is 25.0 Å². The number of rotatable bonds is 6. The van der Waals surface area contributed by atoms with Crippen LogP contribution in [-0.4, -0.2) is 59.3 Å². The maximum Gasteiger partial charge on any atom is 0.410 e. The quantitative estimate of drug-likeness (QED) is 0.603. The number of nitrogens with one attached hydrogen (secondary N) is 2. The zero-order valence-corrected chi connectivity index (χ0v) is 19.7. The molecule has 0 aromatic heterocycles. The molecule has 8 heteroatoms. The van der Waals surface area contributed by atoms with Gasteiger partial charge in [-0.3, -0.25) is 4.79 Å². The highest BCUT2D eigenvalue weighted by Crippen LogP contribution is 2.23. The van der Waals surface area contributed by atoms with Crippen LogP contribution in [0.5, 0.6) is 0 Å². The van der Waals surface area contributed by atoms with Gasteiger partial charge in [-0.1, -0.05) is 24.3 Å². The van der Waals surface area contributed by atoms with Crippen LogP contribution in [0.15, 0.2) is 42.0 Å². The van der Waals surface area contributed by atoms with E-state index < -0.39 is 11.6 Å². The molecule has 0 radical (unpaired) electrons. The van der Waals surface area contributed by atoms with Gasteiger partial charge in [0.15, 0.2) is 0 Å². The first-order valence-electron chi connectivity index (χ1n) is 11.3. The number of carboxylic acids is 1. The molecule has 2 aliphatic rings. The van der Waals surface area contributed by atoms with Crippen molar-refractivity contribution in [3.8, 4) is 0 Å². The van der Waals surface area contributed by atoms with Gasteiger partial charge in [0, 0.05) is 31.4 Å². The Morgan fingerprint density at radius 1 is 1.24 bits per heavy atom. The summed E-state index contributed by atoms with van der Waals surface area (Å²) in [5.41, 5.74) is 2.25. The molecule has 33 heavy (non-hydrogen) atoms. The molecule has 178 valence electrons. The molecule has 1 aliphatic carbocycles. The van der Waals surface area contributed by atoms with E-state index in [1.54, 1.807) is 24.0 Å². The lowest BCUT2D eigenvalue weighted by atomic mass is 10.0. The smallest absolute Gasteiger partial charge is 0.410 e. The third kappa shape index (κ3) is 6.60. The standard InChI is InChI=1S/C25H33N3O5/c1-16-20(23(30)31)6-5-7-21(16)27-19-10-8-17(9-11-19)14-26-22(29)18-12-13-28(15-18)24(32)33-25(2,3)4/h5-10,18-19,27H,11-15H2,1-4H3,(H,26,29)(H,30,31). The second-order valence-corrected chi connectivity index (χ2v) is 9.54. The summed E-state index contributed by atoms with van der Waals surface area (Å²) in [7, 11) is 0. The van der Waals surface area contributed by atoms with E-state index in [1.807, 2.05) is 39.0 Å². The van der Waals surface area contributed by atoms with Gasteiger partial charge < -0.3 is 25.4 Å². The summed E-state index contributed by atoms with van der Waals surface area (Å²) < 4.78 is 5.39. The lowest BCUT2D eigenvalue weighted by molar-refractivity contribution is -0.124. The van der Waals surface area contributed by atoms with Crippen LogP contribution in [0.25, 0.3) is 0 Å². The molecule has 1 aliphatic heterocycles. The van der Waals surface area contributed by atoms with Gasteiger partial charge in [-0.2, -0.15) is 0 Å². The van der Waals surface area contributed by atoms with Gasteiger partial charge in [0.25, 0.3) is 0 Å². The second kappa shape index (κ2) is 10.1. The number of hydrogen-bond acceptors (Lipinski definition) is 5. The first-order valence-corrected chi connectivity index (χ1v) is 11.3. The van der Waals surface area contributed by atoms with E-state index in [2.05, 4.69) is 16.7 Å². The number of benzene rings is 1. The van der Waals surface area contributed by atoms with Crippen molar-refractivity contribution in [2.24, 2.45) is 5.92 Å². The molecule has 1 fully saturated rings. The number of ether oxygens (including phenoxy) is 1. The third-order valence-electron chi connectivity index (χ3n) is 5.76. The molecular weight excluding hydrogens is 422 g/mol. The molecule has 2 atom stereocenters. The van der Waals surface area contributed by atoms with Gasteiger partial charge in [0.2, 0.25) is 5.91 Å². The molecule has 1 saturated heterocycles. The van der Waals surface area contributed by atoms with Gasteiger partial charge >= 0.3 is 12.1 Å². The number of carbonyl (C=O) groups is 3. The van der Waals surface area contributed by atoms with Crippen molar-refractivity contribution in [1.29, 1.82) is 0 Å². The number of carboxylic acid groups (broad SMARTS) is 1. The third-order valence-corrected chi connectivity index (χ3v) is 5.76. The summed E-state index contributed by atoms with van der Waals surface area (Å²) in [5.74, 6) is -1.23. The van der Waals surface area contributed by atoms with Gasteiger partial charge in [-0.15, -0.1) is 0 Å². The average molecular weight is 456 g/mol. The summed E-state index contributed by atoms with van der Waals surface area (Å²) in [5, 5.41) is 15.6. The molecule has 0 spiro atoms. The van der Waals surface area contributed by atoms with E-state index in [4.69, 9.17) is 4.74 Å². The maximum absolute atomic E-state index is 12.6. The molecule has 0 bridgehead atoms. The lowest BCUT2D eigenvalue weighted by Crippen LogP contribution is -2.38. The fourth-order valence-electron chi connectivity index (χ4n) is 3.93. The monoisotopic (exact) mass is 455 g/mol. The van der Waals surface area contributed by atoms with Crippen molar-refractivity contribution in [3.05, 3.63) is 53.1 Å². The summed E-state index contributed by atoms with van der Waals surface area (Å²) in [6.45, 7) is 8.59. The van der Waals surface area contributed by atoms with E-state index in [0.29, 0.717) is 31.6 Å². The summed E-state index contributed by atoms with van der Waals surface area (Å²) >= 11 is 0. The molecule has 2 unspecified atom stereocenters. The van der Waals surface area contributed by atoms with Crippen LogP contribution in [0.2, 0.25) is 0 Å². The van der Waals surface area contributed by atoms with Crippen molar-refractivity contribution in [1.82, 2.24) is 10.2 Å².